The van der Waals surface area contributed by atoms with Gasteiger partial charge in [0, 0.05) is 49.8 Å². The molecule has 3 heterocycles. The van der Waals surface area contributed by atoms with Crippen molar-refractivity contribution in [2.45, 2.75) is 64.8 Å². The molecule has 0 bridgehead atoms. The van der Waals surface area contributed by atoms with E-state index in [-0.39, 0.29) is 35.3 Å². The highest BCUT2D eigenvalue weighted by molar-refractivity contribution is 5.90. The predicted octanol–water partition coefficient (Wildman–Crippen LogP) is 3.13. The first kappa shape index (κ1) is 27.1. The van der Waals surface area contributed by atoms with Crippen molar-refractivity contribution in [2.75, 3.05) is 25.0 Å². The Kier molecular flexibility index (Phi) is 8.28. The molecule has 1 aliphatic rings. The minimum atomic E-state index is -0.902. The first-order chi connectivity index (χ1) is 18.1. The second-order valence-electron chi connectivity index (χ2n) is 10.7. The van der Waals surface area contributed by atoms with Gasteiger partial charge in [-0.1, -0.05) is 44.1 Å². The Balaban J connectivity index is 1.19. The van der Waals surface area contributed by atoms with Crippen molar-refractivity contribution in [1.82, 2.24) is 30.6 Å². The number of hydrogen-bond donors (Lipinski definition) is 4. The first-order valence-electron chi connectivity index (χ1n) is 12.9. The molecule has 12 nitrogen and oxygen atoms in total. The Labute approximate surface area is 220 Å². The third-order valence-electron chi connectivity index (χ3n) is 6.93. The van der Waals surface area contributed by atoms with Gasteiger partial charge in [-0.3, -0.25) is 9.59 Å². The fourth-order valence-corrected chi connectivity index (χ4v) is 4.87. The molecule has 0 radical (unpaired) electrons. The molecule has 2 amide bonds. The molecule has 1 aromatic carbocycles. The van der Waals surface area contributed by atoms with Crippen LogP contribution in [0.3, 0.4) is 0 Å². The molecule has 1 saturated heterocycles. The molecule has 2 atom stereocenters. The van der Waals surface area contributed by atoms with Gasteiger partial charge >= 0.3 is 6.09 Å². The Hall–Kier alpha value is -3.96. The van der Waals surface area contributed by atoms with Crippen molar-refractivity contribution in [3.63, 3.8) is 0 Å². The molecule has 2 aromatic heterocycles. The molecule has 3 aromatic rings. The zero-order chi connectivity index (χ0) is 27.3. The third-order valence-corrected chi connectivity index (χ3v) is 6.93. The van der Waals surface area contributed by atoms with Crippen LogP contribution in [0.4, 0.5) is 10.6 Å². The molecule has 2 unspecified atom stereocenters. The number of likely N-dealkylation sites (tertiary alicyclic amines) is 1. The molecular formula is C26H35N7O5. The summed E-state index contributed by atoms with van der Waals surface area (Å²) in [6.07, 6.45) is 1.60. The number of H-pyrrole nitrogens is 1. The quantitative estimate of drug-likeness (QED) is 0.307. The summed E-state index contributed by atoms with van der Waals surface area (Å²) in [5, 5.41) is 27.7. The van der Waals surface area contributed by atoms with Crippen LogP contribution < -0.4 is 16.2 Å². The highest BCUT2D eigenvalue weighted by atomic mass is 16.5. The van der Waals surface area contributed by atoms with Crippen LogP contribution in [-0.2, 0) is 11.2 Å². The van der Waals surface area contributed by atoms with Crippen molar-refractivity contribution in [1.29, 1.82) is 0 Å². The predicted molar refractivity (Wildman–Crippen MR) is 141 cm³/mol. The maximum Gasteiger partial charge on any atom is 0.407 e. The average molecular weight is 526 g/mol. The summed E-state index contributed by atoms with van der Waals surface area (Å²) >= 11 is 0. The van der Waals surface area contributed by atoms with Crippen LogP contribution in [0.25, 0.3) is 10.8 Å². The summed E-state index contributed by atoms with van der Waals surface area (Å²) in [7, 11) is 0. The largest absolute Gasteiger partial charge is 0.465 e. The maximum atomic E-state index is 12.3. The average Bonchev–Trinajstić information content (AvgIpc) is 3.37. The Morgan fingerprint density at radius 1 is 1.21 bits per heavy atom. The lowest BCUT2D eigenvalue weighted by Crippen LogP contribution is -2.51. The zero-order valence-corrected chi connectivity index (χ0v) is 22.0. The van der Waals surface area contributed by atoms with Crippen LogP contribution in [-0.4, -0.2) is 68.0 Å². The number of nitrogens with one attached hydrogen (secondary N) is 3. The Morgan fingerprint density at radius 3 is 2.71 bits per heavy atom. The summed E-state index contributed by atoms with van der Waals surface area (Å²) in [6, 6.07) is 7.11. The third kappa shape index (κ3) is 6.48. The maximum absolute atomic E-state index is 12.3. The summed E-state index contributed by atoms with van der Waals surface area (Å²) in [6.45, 7) is 7.60. The first-order valence-corrected chi connectivity index (χ1v) is 12.9. The molecule has 4 rings (SSSR count). The number of rotatable bonds is 9. The number of piperidine rings is 1. The molecule has 204 valence electrons. The topological polar surface area (TPSA) is 166 Å². The smallest absolute Gasteiger partial charge is 0.407 e. The van der Waals surface area contributed by atoms with Crippen molar-refractivity contribution in [3.8, 4) is 0 Å². The molecule has 0 aliphatic carbocycles. The number of aromatic amines is 1. The van der Waals surface area contributed by atoms with Crippen LogP contribution in [0.1, 0.15) is 64.1 Å². The molecule has 12 heteroatoms. The van der Waals surface area contributed by atoms with Gasteiger partial charge in [-0.15, -0.1) is 0 Å². The minimum absolute atomic E-state index is 0.0164. The van der Waals surface area contributed by atoms with Gasteiger partial charge < -0.3 is 25.2 Å². The van der Waals surface area contributed by atoms with E-state index in [1.54, 1.807) is 12.1 Å². The molecule has 4 N–H and O–H groups in total. The van der Waals surface area contributed by atoms with Crippen LogP contribution in [0.5, 0.6) is 0 Å². The minimum Gasteiger partial charge on any atom is -0.465 e. The zero-order valence-electron chi connectivity index (χ0n) is 22.0. The number of carbonyl (C=O) groups excluding carboxylic acids is 1. The van der Waals surface area contributed by atoms with Crippen LogP contribution >= 0.6 is 0 Å². The summed E-state index contributed by atoms with van der Waals surface area (Å²) < 4.78 is 5.39. The number of hydrogen-bond acceptors (Lipinski definition) is 8. The van der Waals surface area contributed by atoms with Crippen LogP contribution in [0, 0.1) is 5.41 Å². The number of aromatic nitrogens is 4. The monoisotopic (exact) mass is 525 g/mol. The fraction of sp³-hybridized carbons (Fsp3) is 0.538. The van der Waals surface area contributed by atoms with Gasteiger partial charge in [0.25, 0.3) is 5.56 Å². The van der Waals surface area contributed by atoms with Crippen molar-refractivity contribution < 1.29 is 19.2 Å². The van der Waals surface area contributed by atoms with Gasteiger partial charge in [-0.25, -0.2) is 9.89 Å². The molecule has 1 fully saturated rings. The number of anilines is 1. The van der Waals surface area contributed by atoms with Gasteiger partial charge in [0.2, 0.25) is 11.8 Å². The van der Waals surface area contributed by atoms with Gasteiger partial charge in [0.05, 0.1) is 5.39 Å². The van der Waals surface area contributed by atoms with Crippen molar-refractivity contribution >= 4 is 28.6 Å². The number of carbonyl (C=O) groups is 2. The van der Waals surface area contributed by atoms with Crippen molar-refractivity contribution in [2.24, 2.45) is 5.41 Å². The number of nitrogens with zero attached hydrogens (tertiary/aromatic N) is 4. The highest BCUT2D eigenvalue weighted by Crippen LogP contribution is 2.38. The van der Waals surface area contributed by atoms with E-state index < -0.39 is 6.09 Å². The van der Waals surface area contributed by atoms with E-state index in [1.165, 1.54) is 4.90 Å². The van der Waals surface area contributed by atoms with Crippen LogP contribution in [0.2, 0.25) is 0 Å². The number of fused-ring (bicyclic) bond motifs is 1. The van der Waals surface area contributed by atoms with Gasteiger partial charge in [0.15, 0.2) is 11.6 Å². The molecular weight excluding hydrogens is 490 g/mol. The SMILES string of the molecule is CC(C)(C)C1CC(c2noc(CCC(=O)NCCCNc3n[nH]c(=O)c4ccccc34)n2)CCN1C(=O)O. The molecule has 1 aliphatic heterocycles. The molecule has 38 heavy (non-hydrogen) atoms. The van der Waals surface area contributed by atoms with E-state index in [9.17, 15) is 19.5 Å². The molecule has 0 spiro atoms. The highest BCUT2D eigenvalue weighted by Gasteiger charge is 2.40. The standard InChI is InChI=1S/C26H35N7O5/c1-26(2,3)19-15-16(11-14-33(19)25(36)37)22-29-21(38-32-22)10-9-20(34)27-12-6-13-28-23-17-7-4-5-8-18(17)24(35)31-30-23/h4-5,7-8,16,19H,6,9-15H2,1-3H3,(H,27,34)(H,28,30)(H,31,35)(H,36,37). The van der Waals surface area contributed by atoms with E-state index in [0.29, 0.717) is 68.2 Å². The number of carboxylic acid groups (broad SMARTS) is 1. The summed E-state index contributed by atoms with van der Waals surface area (Å²) in [5.41, 5.74) is -0.439. The number of amides is 2. The lowest BCUT2D eigenvalue weighted by atomic mass is 9.77. The molecule has 0 saturated carbocycles. The number of aryl methyl sites for hydroxylation is 1. The van der Waals surface area contributed by atoms with E-state index in [1.807, 2.05) is 32.9 Å². The lowest BCUT2D eigenvalue weighted by Gasteiger charge is -2.43. The van der Waals surface area contributed by atoms with E-state index in [0.717, 1.165) is 5.39 Å². The van der Waals surface area contributed by atoms with Crippen molar-refractivity contribution in [3.05, 3.63) is 46.3 Å². The van der Waals surface area contributed by atoms with E-state index in [2.05, 4.69) is 31.0 Å². The van der Waals surface area contributed by atoms with Gasteiger partial charge in [-0.05, 0) is 30.7 Å². The fourth-order valence-electron chi connectivity index (χ4n) is 4.87. The Morgan fingerprint density at radius 2 is 1.97 bits per heavy atom. The second-order valence-corrected chi connectivity index (χ2v) is 10.7. The second kappa shape index (κ2) is 11.6. The lowest BCUT2D eigenvalue weighted by molar-refractivity contribution is -0.121. The summed E-state index contributed by atoms with van der Waals surface area (Å²) in [5.74, 6) is 1.48. The van der Waals surface area contributed by atoms with Gasteiger partial charge in [0.1, 0.15) is 0 Å². The van der Waals surface area contributed by atoms with E-state index >= 15 is 0 Å². The normalized spacial score (nSPS) is 17.9. The van der Waals surface area contributed by atoms with Gasteiger partial charge in [-0.2, -0.15) is 10.1 Å². The Bertz CT molecular complexity index is 1330. The summed E-state index contributed by atoms with van der Waals surface area (Å²) in [4.78, 5) is 41.8. The number of benzene rings is 1. The van der Waals surface area contributed by atoms with E-state index in [4.69, 9.17) is 4.52 Å². The van der Waals surface area contributed by atoms with Crippen LogP contribution in [0.15, 0.2) is 33.6 Å².